The van der Waals surface area contributed by atoms with Crippen molar-refractivity contribution in [1.29, 1.82) is 0 Å². The van der Waals surface area contributed by atoms with Gasteiger partial charge in [0.05, 0.1) is 0 Å². The lowest BCUT2D eigenvalue weighted by Crippen LogP contribution is -2.17. The van der Waals surface area contributed by atoms with Crippen molar-refractivity contribution in [2.75, 3.05) is 0 Å². The van der Waals surface area contributed by atoms with Crippen molar-refractivity contribution < 1.29 is 0 Å². The lowest BCUT2D eigenvalue weighted by molar-refractivity contribution is 0.255. The average molecular weight is 383 g/mol. The van der Waals surface area contributed by atoms with Gasteiger partial charge in [-0.15, -0.1) is 0 Å². The highest BCUT2D eigenvalue weighted by molar-refractivity contribution is 5.28. The molecule has 0 spiro atoms. The Labute approximate surface area is 175 Å². The molecule has 1 aromatic carbocycles. The van der Waals surface area contributed by atoms with Gasteiger partial charge in [-0.05, 0) is 98.5 Å². The van der Waals surface area contributed by atoms with E-state index < -0.39 is 0 Å². The SMILES string of the molecule is CCCCC(CC)C[C@H]1CC[C@H](c2ccc([C@H]3CC[C@H](CC)CC3)cc2)CC1. The van der Waals surface area contributed by atoms with Gasteiger partial charge in [0.1, 0.15) is 0 Å². The maximum absolute atomic E-state index is 2.49. The summed E-state index contributed by atoms with van der Waals surface area (Å²) in [6.07, 6.45) is 20.1. The van der Waals surface area contributed by atoms with E-state index in [1.165, 1.54) is 89.9 Å². The molecule has 0 heterocycles. The smallest absolute Gasteiger partial charge is 0.0162 e. The van der Waals surface area contributed by atoms with E-state index in [0.717, 1.165) is 29.6 Å². The molecule has 28 heavy (non-hydrogen) atoms. The molecular weight excluding hydrogens is 336 g/mol. The predicted octanol–water partition coefficient (Wildman–Crippen LogP) is 9.25. The molecular formula is C28H46. The van der Waals surface area contributed by atoms with Crippen molar-refractivity contribution >= 4 is 0 Å². The summed E-state index contributed by atoms with van der Waals surface area (Å²) < 4.78 is 0. The third kappa shape index (κ3) is 6.11. The van der Waals surface area contributed by atoms with Crippen LogP contribution in [0.5, 0.6) is 0 Å². The number of unbranched alkanes of at least 4 members (excludes halogenated alkanes) is 1. The van der Waals surface area contributed by atoms with Crippen LogP contribution >= 0.6 is 0 Å². The Bertz CT molecular complexity index is 526. The molecule has 0 radical (unpaired) electrons. The molecule has 2 aliphatic carbocycles. The number of rotatable bonds is 9. The first-order chi connectivity index (χ1) is 13.7. The van der Waals surface area contributed by atoms with Gasteiger partial charge in [-0.2, -0.15) is 0 Å². The first-order valence-electron chi connectivity index (χ1n) is 12.8. The first-order valence-corrected chi connectivity index (χ1v) is 12.8. The summed E-state index contributed by atoms with van der Waals surface area (Å²) in [5.74, 6) is 4.66. The molecule has 1 unspecified atom stereocenters. The fourth-order valence-corrected chi connectivity index (χ4v) is 6.13. The molecule has 3 rings (SSSR count). The lowest BCUT2D eigenvalue weighted by Gasteiger charge is -2.31. The molecule has 2 aliphatic rings. The first kappa shape index (κ1) is 21.9. The van der Waals surface area contributed by atoms with E-state index in [9.17, 15) is 0 Å². The summed E-state index contributed by atoms with van der Waals surface area (Å²) in [5.41, 5.74) is 3.25. The minimum atomic E-state index is 0.830. The Morgan fingerprint density at radius 1 is 0.714 bits per heavy atom. The van der Waals surface area contributed by atoms with Crippen LogP contribution in [0.1, 0.15) is 134 Å². The zero-order valence-electron chi connectivity index (χ0n) is 19.1. The van der Waals surface area contributed by atoms with Crippen LogP contribution in [0.3, 0.4) is 0 Å². The summed E-state index contributed by atoms with van der Waals surface area (Å²) >= 11 is 0. The van der Waals surface area contributed by atoms with E-state index in [1.807, 2.05) is 0 Å². The molecule has 0 amide bonds. The fourth-order valence-electron chi connectivity index (χ4n) is 6.13. The van der Waals surface area contributed by atoms with Gasteiger partial charge in [-0.25, -0.2) is 0 Å². The summed E-state index contributed by atoms with van der Waals surface area (Å²) in [5, 5.41) is 0. The fraction of sp³-hybridized carbons (Fsp3) is 0.786. The van der Waals surface area contributed by atoms with Crippen LogP contribution < -0.4 is 0 Å². The van der Waals surface area contributed by atoms with E-state index in [4.69, 9.17) is 0 Å². The second-order valence-electron chi connectivity index (χ2n) is 10.2. The van der Waals surface area contributed by atoms with Crippen LogP contribution in [0.15, 0.2) is 24.3 Å². The molecule has 0 aromatic heterocycles. The third-order valence-corrected chi connectivity index (χ3v) is 8.36. The van der Waals surface area contributed by atoms with Crippen LogP contribution in [-0.4, -0.2) is 0 Å². The minimum Gasteiger partial charge on any atom is -0.0654 e. The van der Waals surface area contributed by atoms with Crippen LogP contribution in [0.4, 0.5) is 0 Å². The third-order valence-electron chi connectivity index (χ3n) is 8.36. The molecule has 2 saturated carbocycles. The molecule has 2 fully saturated rings. The predicted molar refractivity (Wildman–Crippen MR) is 124 cm³/mol. The van der Waals surface area contributed by atoms with Crippen LogP contribution in [0.2, 0.25) is 0 Å². The molecule has 158 valence electrons. The lowest BCUT2D eigenvalue weighted by atomic mass is 9.74. The van der Waals surface area contributed by atoms with Gasteiger partial charge in [-0.3, -0.25) is 0 Å². The Morgan fingerprint density at radius 3 is 1.64 bits per heavy atom. The number of hydrogen-bond acceptors (Lipinski definition) is 0. The highest BCUT2D eigenvalue weighted by atomic mass is 14.3. The molecule has 1 atom stereocenters. The summed E-state index contributed by atoms with van der Waals surface area (Å²) in [6, 6.07) is 9.94. The molecule has 0 nitrogen and oxygen atoms in total. The summed E-state index contributed by atoms with van der Waals surface area (Å²) in [7, 11) is 0. The number of hydrogen-bond donors (Lipinski definition) is 0. The maximum atomic E-state index is 2.49. The van der Waals surface area contributed by atoms with Crippen molar-refractivity contribution in [3.63, 3.8) is 0 Å². The zero-order chi connectivity index (χ0) is 19.8. The van der Waals surface area contributed by atoms with E-state index >= 15 is 0 Å². The Morgan fingerprint density at radius 2 is 1.21 bits per heavy atom. The number of benzene rings is 1. The van der Waals surface area contributed by atoms with Gasteiger partial charge in [0.15, 0.2) is 0 Å². The van der Waals surface area contributed by atoms with Crippen molar-refractivity contribution in [2.24, 2.45) is 17.8 Å². The zero-order valence-corrected chi connectivity index (χ0v) is 19.1. The Hall–Kier alpha value is -0.780. The molecule has 0 N–H and O–H groups in total. The maximum Gasteiger partial charge on any atom is -0.0162 e. The van der Waals surface area contributed by atoms with Crippen LogP contribution in [0, 0.1) is 17.8 Å². The molecule has 0 bridgehead atoms. The monoisotopic (exact) mass is 382 g/mol. The second kappa shape index (κ2) is 11.4. The quantitative estimate of drug-likeness (QED) is 0.399. The van der Waals surface area contributed by atoms with Crippen molar-refractivity contribution in [1.82, 2.24) is 0 Å². The Balaban J connectivity index is 1.45. The topological polar surface area (TPSA) is 0 Å². The minimum absolute atomic E-state index is 0.830. The van der Waals surface area contributed by atoms with Gasteiger partial charge in [-0.1, -0.05) is 77.1 Å². The second-order valence-corrected chi connectivity index (χ2v) is 10.2. The highest BCUT2D eigenvalue weighted by Gasteiger charge is 2.25. The van der Waals surface area contributed by atoms with Gasteiger partial charge < -0.3 is 0 Å². The van der Waals surface area contributed by atoms with Crippen LogP contribution in [0.25, 0.3) is 0 Å². The van der Waals surface area contributed by atoms with Crippen molar-refractivity contribution in [2.45, 2.75) is 122 Å². The largest absolute Gasteiger partial charge is 0.0654 e. The van der Waals surface area contributed by atoms with Crippen molar-refractivity contribution in [3.05, 3.63) is 35.4 Å². The van der Waals surface area contributed by atoms with Crippen LogP contribution in [-0.2, 0) is 0 Å². The molecule has 0 aliphatic heterocycles. The van der Waals surface area contributed by atoms with E-state index in [1.54, 1.807) is 11.1 Å². The van der Waals surface area contributed by atoms with E-state index in [-0.39, 0.29) is 0 Å². The molecule has 0 saturated heterocycles. The van der Waals surface area contributed by atoms with Gasteiger partial charge in [0.25, 0.3) is 0 Å². The highest BCUT2D eigenvalue weighted by Crippen LogP contribution is 2.41. The van der Waals surface area contributed by atoms with Crippen molar-refractivity contribution in [3.8, 4) is 0 Å². The van der Waals surface area contributed by atoms with E-state index in [0.29, 0.717) is 0 Å². The van der Waals surface area contributed by atoms with Gasteiger partial charge in [0.2, 0.25) is 0 Å². The molecule has 0 heteroatoms. The standard InChI is InChI=1S/C28H46/c1-4-7-8-23(6-3)21-24-11-15-26(16-12-24)28-19-17-27(18-20-28)25-13-9-22(5-2)10-14-25/h17-20,22-26H,4-16,21H2,1-3H3/t22-,23?,24-,25-,26-. The van der Waals surface area contributed by atoms with Gasteiger partial charge in [0, 0.05) is 0 Å². The summed E-state index contributed by atoms with van der Waals surface area (Å²) in [6.45, 7) is 7.10. The molecule has 1 aromatic rings. The van der Waals surface area contributed by atoms with Gasteiger partial charge >= 0.3 is 0 Å². The average Bonchev–Trinajstić information content (AvgIpc) is 2.77. The van der Waals surface area contributed by atoms with E-state index in [2.05, 4.69) is 45.0 Å². The Kier molecular flexibility index (Phi) is 8.94. The normalized spacial score (nSPS) is 29.5. The summed E-state index contributed by atoms with van der Waals surface area (Å²) in [4.78, 5) is 0.